The number of ether oxygens (including phenoxy) is 4. The third-order valence-corrected chi connectivity index (χ3v) is 6.33. The molecule has 0 fully saturated rings. The largest absolute Gasteiger partial charge is 0.493 e. The van der Waals surface area contributed by atoms with Crippen molar-refractivity contribution in [2.24, 2.45) is 5.73 Å². The molecular formula is C22H26N2O7S. The third-order valence-electron chi connectivity index (χ3n) is 5.13. The number of anilines is 1. The predicted molar refractivity (Wildman–Crippen MR) is 119 cm³/mol. The van der Waals surface area contributed by atoms with E-state index in [0.29, 0.717) is 34.2 Å². The first-order chi connectivity index (χ1) is 15.4. The van der Waals surface area contributed by atoms with Crippen LogP contribution in [-0.2, 0) is 33.6 Å². The maximum absolute atomic E-state index is 12.2. The van der Waals surface area contributed by atoms with Gasteiger partial charge in [-0.15, -0.1) is 11.3 Å². The number of benzene rings is 1. The van der Waals surface area contributed by atoms with Gasteiger partial charge in [0.05, 0.1) is 26.9 Å². The summed E-state index contributed by atoms with van der Waals surface area (Å²) in [7, 11) is 4.54. The fourth-order valence-electron chi connectivity index (χ4n) is 3.66. The molecule has 0 saturated heterocycles. The van der Waals surface area contributed by atoms with Gasteiger partial charge in [0.15, 0.2) is 18.1 Å². The van der Waals surface area contributed by atoms with Gasteiger partial charge in [0, 0.05) is 11.3 Å². The lowest BCUT2D eigenvalue weighted by Gasteiger charge is -2.14. The first-order valence-corrected chi connectivity index (χ1v) is 10.9. The minimum atomic E-state index is -0.568. The highest BCUT2D eigenvalue weighted by Crippen LogP contribution is 2.39. The molecule has 9 nitrogen and oxygen atoms in total. The minimum absolute atomic E-state index is 0.0613. The number of nitrogens with one attached hydrogen (secondary N) is 1. The molecule has 0 bridgehead atoms. The van der Waals surface area contributed by atoms with E-state index in [1.807, 2.05) is 0 Å². The summed E-state index contributed by atoms with van der Waals surface area (Å²) in [5.41, 5.74) is 7.56. The van der Waals surface area contributed by atoms with Gasteiger partial charge in [0.2, 0.25) is 5.75 Å². The lowest BCUT2D eigenvalue weighted by atomic mass is 10.1. The van der Waals surface area contributed by atoms with Gasteiger partial charge >= 0.3 is 5.97 Å². The van der Waals surface area contributed by atoms with Gasteiger partial charge < -0.3 is 30.0 Å². The van der Waals surface area contributed by atoms with Crippen LogP contribution in [0.1, 0.15) is 39.2 Å². The Morgan fingerprint density at radius 2 is 1.75 bits per heavy atom. The van der Waals surface area contributed by atoms with Crippen LogP contribution in [0.5, 0.6) is 17.2 Å². The molecule has 0 atom stereocenters. The lowest BCUT2D eigenvalue weighted by molar-refractivity contribution is -0.147. The number of hydrogen-bond donors (Lipinski definition) is 2. The Hall–Kier alpha value is -3.27. The number of nitrogens with two attached hydrogens (primary N) is 1. The van der Waals surface area contributed by atoms with Crippen molar-refractivity contribution in [3.05, 3.63) is 33.7 Å². The summed E-state index contributed by atoms with van der Waals surface area (Å²) in [6.45, 7) is -0.450. The number of primary amides is 1. The van der Waals surface area contributed by atoms with Crippen LogP contribution in [-0.4, -0.2) is 45.7 Å². The summed E-state index contributed by atoms with van der Waals surface area (Å²) < 4.78 is 21.0. The van der Waals surface area contributed by atoms with E-state index in [2.05, 4.69) is 5.32 Å². The first-order valence-electron chi connectivity index (χ1n) is 10.1. The van der Waals surface area contributed by atoms with Gasteiger partial charge in [0.25, 0.3) is 11.8 Å². The SMILES string of the molecule is COc1cc(CCC(=O)OCC(=O)Nc2sc3c(c2C(N)=O)CCC3)cc(OC)c1OC. The molecule has 0 radical (unpaired) electrons. The minimum Gasteiger partial charge on any atom is -0.493 e. The maximum Gasteiger partial charge on any atom is 0.306 e. The molecule has 1 aliphatic carbocycles. The fourth-order valence-corrected chi connectivity index (χ4v) is 4.97. The number of aryl methyl sites for hydroxylation is 2. The monoisotopic (exact) mass is 462 g/mol. The highest BCUT2D eigenvalue weighted by atomic mass is 32.1. The van der Waals surface area contributed by atoms with Crippen LogP contribution in [0.25, 0.3) is 0 Å². The van der Waals surface area contributed by atoms with Gasteiger partial charge in [-0.1, -0.05) is 0 Å². The van der Waals surface area contributed by atoms with Crippen molar-refractivity contribution in [3.8, 4) is 17.2 Å². The zero-order valence-electron chi connectivity index (χ0n) is 18.2. The molecule has 0 unspecified atom stereocenters. The van der Waals surface area contributed by atoms with E-state index in [-0.39, 0.29) is 6.42 Å². The summed E-state index contributed by atoms with van der Waals surface area (Å²) in [4.78, 5) is 37.3. The van der Waals surface area contributed by atoms with Crippen LogP contribution in [0.2, 0.25) is 0 Å². The highest BCUT2D eigenvalue weighted by Gasteiger charge is 2.26. The van der Waals surface area contributed by atoms with E-state index in [1.165, 1.54) is 32.7 Å². The van der Waals surface area contributed by atoms with Crippen molar-refractivity contribution >= 4 is 34.1 Å². The Morgan fingerprint density at radius 1 is 1.06 bits per heavy atom. The number of carbonyl (C=O) groups is 3. The topological polar surface area (TPSA) is 126 Å². The van der Waals surface area contributed by atoms with Gasteiger partial charge in [0.1, 0.15) is 5.00 Å². The van der Waals surface area contributed by atoms with E-state index < -0.39 is 24.4 Å². The van der Waals surface area contributed by atoms with Crippen molar-refractivity contribution in [1.82, 2.24) is 0 Å². The van der Waals surface area contributed by atoms with Crippen molar-refractivity contribution in [1.29, 1.82) is 0 Å². The zero-order valence-corrected chi connectivity index (χ0v) is 19.1. The molecule has 2 aromatic rings. The Morgan fingerprint density at radius 3 is 2.34 bits per heavy atom. The second kappa shape index (κ2) is 10.4. The van der Waals surface area contributed by atoms with Crippen molar-refractivity contribution in [2.45, 2.75) is 32.1 Å². The number of amides is 2. The number of thiophene rings is 1. The van der Waals surface area contributed by atoms with Crippen molar-refractivity contribution < 1.29 is 33.3 Å². The molecule has 0 spiro atoms. The Bertz CT molecular complexity index is 1010. The second-order valence-corrected chi connectivity index (χ2v) is 8.27. The van der Waals surface area contributed by atoms with E-state index in [4.69, 9.17) is 24.7 Å². The Labute approximate surface area is 189 Å². The number of methoxy groups -OCH3 is 3. The van der Waals surface area contributed by atoms with Gasteiger partial charge in [-0.05, 0) is 48.9 Å². The van der Waals surface area contributed by atoms with Gasteiger partial charge in [-0.3, -0.25) is 14.4 Å². The third kappa shape index (κ3) is 5.13. The summed E-state index contributed by atoms with van der Waals surface area (Å²) in [6, 6.07) is 3.51. The normalized spacial score (nSPS) is 12.1. The van der Waals surface area contributed by atoms with Crippen molar-refractivity contribution in [3.63, 3.8) is 0 Å². The smallest absolute Gasteiger partial charge is 0.306 e. The molecule has 0 saturated carbocycles. The van der Waals surface area contributed by atoms with E-state index >= 15 is 0 Å². The number of carbonyl (C=O) groups excluding carboxylic acids is 3. The van der Waals surface area contributed by atoms with Gasteiger partial charge in [-0.2, -0.15) is 0 Å². The molecule has 10 heteroatoms. The summed E-state index contributed by atoms with van der Waals surface area (Å²) >= 11 is 1.35. The van der Waals surface area contributed by atoms with Crippen LogP contribution in [0.15, 0.2) is 12.1 Å². The van der Waals surface area contributed by atoms with Crippen LogP contribution in [0.4, 0.5) is 5.00 Å². The summed E-state index contributed by atoms with van der Waals surface area (Å²) in [5, 5.41) is 3.07. The van der Waals surface area contributed by atoms with Crippen LogP contribution < -0.4 is 25.3 Å². The molecule has 1 aliphatic rings. The lowest BCUT2D eigenvalue weighted by Crippen LogP contribution is -2.22. The zero-order chi connectivity index (χ0) is 23.3. The van der Waals surface area contributed by atoms with E-state index in [1.54, 1.807) is 12.1 Å². The Balaban J connectivity index is 1.54. The van der Waals surface area contributed by atoms with Crippen molar-refractivity contribution in [2.75, 3.05) is 33.3 Å². The number of fused-ring (bicyclic) bond motifs is 1. The molecule has 32 heavy (non-hydrogen) atoms. The molecule has 2 amide bonds. The molecule has 0 aliphatic heterocycles. The number of hydrogen-bond acceptors (Lipinski definition) is 8. The average Bonchev–Trinajstić information content (AvgIpc) is 3.35. The number of esters is 1. The molecule has 3 rings (SSSR count). The number of rotatable bonds is 10. The standard InChI is InChI=1S/C22H26N2O7S/c1-28-14-9-12(10-15(29-2)20(14)30-3)7-8-18(26)31-11-17(25)24-22-19(21(23)27)13-5-4-6-16(13)32-22/h9-10H,4-8,11H2,1-3H3,(H2,23,27)(H,24,25). The van der Waals surface area contributed by atoms with Crippen LogP contribution in [0.3, 0.4) is 0 Å². The fraction of sp³-hybridized carbons (Fsp3) is 0.409. The van der Waals surface area contributed by atoms with Gasteiger partial charge in [-0.25, -0.2) is 0 Å². The summed E-state index contributed by atoms with van der Waals surface area (Å²) in [6.07, 6.45) is 3.04. The summed E-state index contributed by atoms with van der Waals surface area (Å²) in [5.74, 6) is -0.174. The molecule has 3 N–H and O–H groups in total. The molecule has 1 aromatic carbocycles. The maximum atomic E-state index is 12.2. The predicted octanol–water partition coefficient (Wildman–Crippen LogP) is 2.48. The molecular weight excluding hydrogens is 436 g/mol. The highest BCUT2D eigenvalue weighted by molar-refractivity contribution is 7.17. The van der Waals surface area contributed by atoms with Crippen LogP contribution in [0, 0.1) is 0 Å². The quantitative estimate of drug-likeness (QED) is 0.520. The molecule has 172 valence electrons. The molecule has 1 aromatic heterocycles. The van der Waals surface area contributed by atoms with Crippen LogP contribution >= 0.6 is 11.3 Å². The van der Waals surface area contributed by atoms with E-state index in [0.717, 1.165) is 35.3 Å². The van der Waals surface area contributed by atoms with E-state index in [9.17, 15) is 14.4 Å². The Kier molecular flexibility index (Phi) is 7.57. The molecule has 1 heterocycles. The first kappa shape index (κ1) is 23.4. The average molecular weight is 463 g/mol. The second-order valence-electron chi connectivity index (χ2n) is 7.17.